The molecule has 0 aliphatic rings. The molecule has 0 radical (unpaired) electrons. The van der Waals surface area contributed by atoms with Crippen LogP contribution in [0.15, 0.2) is 82.2 Å². The molecule has 0 unspecified atom stereocenters. The normalized spacial score (nSPS) is 11.7. The fourth-order valence-electron chi connectivity index (χ4n) is 2.86. The number of halogens is 1. The Morgan fingerprint density at radius 3 is 2.52 bits per heavy atom. The SMILES string of the molecule is COc1ccc(N=c2cc(-c3ccccc3)oc3ccc(O)cc23)cc1Cl. The number of aromatic hydroxyl groups is 1. The highest BCUT2D eigenvalue weighted by atomic mass is 35.5. The number of methoxy groups -OCH3 is 1. The number of benzene rings is 3. The minimum Gasteiger partial charge on any atom is -0.508 e. The Balaban J connectivity index is 1.97. The number of rotatable bonds is 3. The average molecular weight is 378 g/mol. The van der Waals surface area contributed by atoms with Crippen molar-refractivity contribution >= 4 is 28.3 Å². The second-order valence-corrected chi connectivity index (χ2v) is 6.38. The van der Waals surface area contributed by atoms with Crippen LogP contribution < -0.4 is 10.1 Å². The van der Waals surface area contributed by atoms with Crippen LogP contribution in [-0.4, -0.2) is 12.2 Å². The maximum atomic E-state index is 9.90. The molecule has 4 rings (SSSR count). The molecular formula is C22H16ClNO3. The molecule has 5 heteroatoms. The standard InChI is InChI=1S/C22H16ClNO3/c1-26-21-9-7-15(11-18(21)23)24-19-13-22(14-5-3-2-4-6-14)27-20-10-8-16(25)12-17(19)20/h2-13,25H,1H3. The molecular weight excluding hydrogens is 362 g/mol. The van der Waals surface area contributed by atoms with Gasteiger partial charge in [0, 0.05) is 17.0 Å². The molecule has 4 nitrogen and oxygen atoms in total. The Kier molecular flexibility index (Phi) is 4.57. The van der Waals surface area contributed by atoms with E-state index < -0.39 is 0 Å². The van der Waals surface area contributed by atoms with Gasteiger partial charge in [-0.2, -0.15) is 0 Å². The van der Waals surface area contributed by atoms with Crippen LogP contribution in [0.3, 0.4) is 0 Å². The number of phenolic OH excluding ortho intramolecular Hbond substituents is 1. The van der Waals surface area contributed by atoms with E-state index >= 15 is 0 Å². The van der Waals surface area contributed by atoms with Crippen LogP contribution in [0, 0.1) is 0 Å². The quantitative estimate of drug-likeness (QED) is 0.498. The third kappa shape index (κ3) is 3.52. The lowest BCUT2D eigenvalue weighted by molar-refractivity contribution is 0.415. The predicted octanol–water partition coefficient (Wildman–Crippen LogP) is 5.70. The van der Waals surface area contributed by atoms with E-state index in [1.165, 1.54) is 0 Å². The van der Waals surface area contributed by atoms with Gasteiger partial charge in [0.2, 0.25) is 0 Å². The molecule has 0 aliphatic carbocycles. The first-order valence-corrected chi connectivity index (χ1v) is 8.72. The van der Waals surface area contributed by atoms with Gasteiger partial charge in [-0.3, -0.25) is 0 Å². The summed E-state index contributed by atoms with van der Waals surface area (Å²) in [5.74, 6) is 1.42. The third-order valence-corrected chi connectivity index (χ3v) is 4.47. The molecule has 0 amide bonds. The Morgan fingerprint density at radius 1 is 0.963 bits per heavy atom. The largest absolute Gasteiger partial charge is 0.508 e. The molecule has 1 N–H and O–H groups in total. The molecule has 0 saturated carbocycles. The van der Waals surface area contributed by atoms with E-state index in [0.717, 1.165) is 5.56 Å². The zero-order chi connectivity index (χ0) is 18.8. The van der Waals surface area contributed by atoms with Gasteiger partial charge in [-0.25, -0.2) is 4.99 Å². The van der Waals surface area contributed by atoms with Gasteiger partial charge in [0.1, 0.15) is 22.8 Å². The van der Waals surface area contributed by atoms with Crippen molar-refractivity contribution in [3.8, 4) is 22.8 Å². The van der Waals surface area contributed by atoms with Gasteiger partial charge in [0.05, 0.1) is 23.2 Å². The lowest BCUT2D eigenvalue weighted by Crippen LogP contribution is -2.03. The summed E-state index contributed by atoms with van der Waals surface area (Å²) in [5, 5.41) is 11.8. The Bertz CT molecular complexity index is 1180. The van der Waals surface area contributed by atoms with Crippen LogP contribution in [0.25, 0.3) is 22.3 Å². The zero-order valence-electron chi connectivity index (χ0n) is 14.5. The van der Waals surface area contributed by atoms with Crippen molar-refractivity contribution in [3.63, 3.8) is 0 Å². The van der Waals surface area contributed by atoms with Gasteiger partial charge in [-0.1, -0.05) is 41.9 Å². The van der Waals surface area contributed by atoms with E-state index in [1.807, 2.05) is 42.5 Å². The molecule has 0 saturated heterocycles. The van der Waals surface area contributed by atoms with Crippen LogP contribution in [0.1, 0.15) is 0 Å². The first-order valence-electron chi connectivity index (χ1n) is 8.34. The number of nitrogens with zero attached hydrogens (tertiary/aromatic N) is 1. The Hall–Kier alpha value is -3.24. The zero-order valence-corrected chi connectivity index (χ0v) is 15.3. The molecule has 3 aromatic carbocycles. The Morgan fingerprint density at radius 2 is 1.78 bits per heavy atom. The summed E-state index contributed by atoms with van der Waals surface area (Å²) in [7, 11) is 1.57. The van der Waals surface area contributed by atoms with Crippen LogP contribution in [-0.2, 0) is 0 Å². The maximum Gasteiger partial charge on any atom is 0.137 e. The highest BCUT2D eigenvalue weighted by Gasteiger charge is 2.08. The molecule has 0 aliphatic heterocycles. The van der Waals surface area contributed by atoms with Crippen molar-refractivity contribution in [2.24, 2.45) is 4.99 Å². The van der Waals surface area contributed by atoms with Gasteiger partial charge < -0.3 is 14.3 Å². The third-order valence-electron chi connectivity index (χ3n) is 4.17. The van der Waals surface area contributed by atoms with Gasteiger partial charge in [-0.05, 0) is 36.4 Å². The van der Waals surface area contributed by atoms with Crippen molar-refractivity contribution in [1.82, 2.24) is 0 Å². The molecule has 1 heterocycles. The van der Waals surface area contributed by atoms with Crippen LogP contribution >= 0.6 is 11.6 Å². The fraction of sp³-hybridized carbons (Fsp3) is 0.0455. The average Bonchev–Trinajstić information content (AvgIpc) is 2.69. The van der Waals surface area contributed by atoms with E-state index in [1.54, 1.807) is 37.4 Å². The van der Waals surface area contributed by atoms with E-state index in [2.05, 4.69) is 0 Å². The maximum absolute atomic E-state index is 9.90. The summed E-state index contributed by atoms with van der Waals surface area (Å²) in [5.41, 5.74) is 2.25. The smallest absolute Gasteiger partial charge is 0.137 e. The van der Waals surface area contributed by atoms with Crippen molar-refractivity contribution < 1.29 is 14.3 Å². The van der Waals surface area contributed by atoms with Crippen molar-refractivity contribution in [2.75, 3.05) is 7.11 Å². The molecule has 1 aromatic heterocycles. The van der Waals surface area contributed by atoms with E-state index in [0.29, 0.717) is 38.5 Å². The molecule has 4 aromatic rings. The molecule has 0 spiro atoms. The summed E-state index contributed by atoms with van der Waals surface area (Å²) in [4.78, 5) is 4.72. The van der Waals surface area contributed by atoms with Crippen LogP contribution in [0.5, 0.6) is 11.5 Å². The van der Waals surface area contributed by atoms with Crippen molar-refractivity contribution in [1.29, 1.82) is 0 Å². The van der Waals surface area contributed by atoms with E-state index in [-0.39, 0.29) is 5.75 Å². The number of hydrogen-bond donors (Lipinski definition) is 1. The minimum absolute atomic E-state index is 0.148. The number of fused-ring (bicyclic) bond motifs is 1. The highest BCUT2D eigenvalue weighted by molar-refractivity contribution is 6.32. The van der Waals surface area contributed by atoms with Gasteiger partial charge in [0.15, 0.2) is 0 Å². The van der Waals surface area contributed by atoms with E-state index in [9.17, 15) is 5.11 Å². The summed E-state index contributed by atoms with van der Waals surface area (Å²) in [6.45, 7) is 0. The predicted molar refractivity (Wildman–Crippen MR) is 107 cm³/mol. The van der Waals surface area contributed by atoms with Crippen molar-refractivity contribution in [2.45, 2.75) is 0 Å². The first-order chi connectivity index (χ1) is 13.1. The van der Waals surface area contributed by atoms with Gasteiger partial charge in [-0.15, -0.1) is 0 Å². The van der Waals surface area contributed by atoms with Crippen molar-refractivity contribution in [3.05, 3.63) is 83.2 Å². The molecule has 134 valence electrons. The molecule has 0 atom stereocenters. The summed E-state index contributed by atoms with van der Waals surface area (Å²) < 4.78 is 11.2. The second-order valence-electron chi connectivity index (χ2n) is 5.97. The fourth-order valence-corrected chi connectivity index (χ4v) is 3.11. The second kappa shape index (κ2) is 7.17. The molecule has 0 fully saturated rings. The van der Waals surface area contributed by atoms with E-state index in [4.69, 9.17) is 25.7 Å². The van der Waals surface area contributed by atoms with Crippen LogP contribution in [0.2, 0.25) is 5.02 Å². The molecule has 0 bridgehead atoms. The summed E-state index contributed by atoms with van der Waals surface area (Å²) in [6.07, 6.45) is 0. The van der Waals surface area contributed by atoms with Gasteiger partial charge >= 0.3 is 0 Å². The monoisotopic (exact) mass is 377 g/mol. The Labute approximate surface area is 161 Å². The summed E-state index contributed by atoms with van der Waals surface area (Å²) >= 11 is 6.22. The minimum atomic E-state index is 0.148. The lowest BCUT2D eigenvalue weighted by atomic mass is 10.1. The van der Waals surface area contributed by atoms with Gasteiger partial charge in [0.25, 0.3) is 0 Å². The topological polar surface area (TPSA) is 55.0 Å². The number of hydrogen-bond acceptors (Lipinski definition) is 4. The molecule has 27 heavy (non-hydrogen) atoms. The first kappa shape index (κ1) is 17.2. The van der Waals surface area contributed by atoms with Crippen LogP contribution in [0.4, 0.5) is 5.69 Å². The number of ether oxygens (including phenoxy) is 1. The number of phenols is 1. The lowest BCUT2D eigenvalue weighted by Gasteiger charge is -2.06. The highest BCUT2D eigenvalue weighted by Crippen LogP contribution is 2.29. The summed E-state index contributed by atoms with van der Waals surface area (Å²) in [6, 6.07) is 21.9.